The van der Waals surface area contributed by atoms with Gasteiger partial charge in [0.1, 0.15) is 0 Å². The normalized spacial score (nSPS) is 42.1. The third-order valence-electron chi connectivity index (χ3n) is 5.02. The zero-order chi connectivity index (χ0) is 12.1. The summed E-state index contributed by atoms with van der Waals surface area (Å²) in [6, 6.07) is 0. The quantitative estimate of drug-likeness (QED) is 0.669. The third kappa shape index (κ3) is 1.55. The van der Waals surface area contributed by atoms with Crippen LogP contribution in [0.3, 0.4) is 0 Å². The first-order valence-electron chi connectivity index (χ1n) is 6.69. The Hall–Kier alpha value is -0.300. The van der Waals surface area contributed by atoms with Gasteiger partial charge in [-0.25, -0.2) is 0 Å². The van der Waals surface area contributed by atoms with Gasteiger partial charge in [0, 0.05) is 5.92 Å². The van der Waals surface area contributed by atoms with Crippen LogP contribution in [0.2, 0.25) is 0 Å². The molecule has 92 valence electrons. The lowest BCUT2D eigenvalue weighted by Gasteiger charge is -2.50. The van der Waals surface area contributed by atoms with E-state index in [1.54, 1.807) is 0 Å². The molecule has 1 N–H and O–H groups in total. The van der Waals surface area contributed by atoms with Gasteiger partial charge in [-0.2, -0.15) is 0 Å². The first-order valence-corrected chi connectivity index (χ1v) is 6.69. The molecule has 0 heterocycles. The Morgan fingerprint density at radius 3 is 2.44 bits per heavy atom. The summed E-state index contributed by atoms with van der Waals surface area (Å²) in [7, 11) is 0. The van der Waals surface area contributed by atoms with Crippen molar-refractivity contribution in [1.29, 1.82) is 0 Å². The van der Waals surface area contributed by atoms with Crippen molar-refractivity contribution in [3.8, 4) is 0 Å². The molecule has 2 aliphatic rings. The first-order chi connectivity index (χ1) is 7.29. The van der Waals surface area contributed by atoms with Crippen molar-refractivity contribution in [3.63, 3.8) is 0 Å². The molecule has 0 bridgehead atoms. The highest BCUT2D eigenvalue weighted by Crippen LogP contribution is 2.60. The van der Waals surface area contributed by atoms with Crippen molar-refractivity contribution >= 4 is 0 Å². The molecule has 0 radical (unpaired) electrons. The van der Waals surface area contributed by atoms with Crippen LogP contribution in [0.4, 0.5) is 0 Å². The van der Waals surface area contributed by atoms with Crippen molar-refractivity contribution in [1.82, 2.24) is 0 Å². The molecule has 0 aliphatic heterocycles. The average Bonchev–Trinajstić information content (AvgIpc) is 2.38. The standard InChI is InChI=1S/C15H26O/c1-10(2)11-9-12(16)13-14(3,4)7-6-8-15(11,13)5/h9-10,12-13,16H,6-8H2,1-5H3/t12-,13-,15-/m0/s1. The molecule has 0 aromatic carbocycles. The van der Waals surface area contributed by atoms with Crippen LogP contribution >= 0.6 is 0 Å². The minimum absolute atomic E-state index is 0.224. The molecule has 0 unspecified atom stereocenters. The van der Waals surface area contributed by atoms with Crippen molar-refractivity contribution in [2.75, 3.05) is 0 Å². The first kappa shape index (κ1) is 12.2. The van der Waals surface area contributed by atoms with E-state index in [2.05, 4.69) is 40.7 Å². The lowest BCUT2D eigenvalue weighted by atomic mass is 9.55. The molecule has 0 aromatic heterocycles. The van der Waals surface area contributed by atoms with E-state index in [1.807, 2.05) is 0 Å². The Labute approximate surface area is 99.9 Å². The maximum Gasteiger partial charge on any atom is 0.0765 e. The van der Waals surface area contributed by atoms with Gasteiger partial charge in [-0.05, 0) is 29.6 Å². The molecule has 3 atom stereocenters. The summed E-state index contributed by atoms with van der Waals surface area (Å²) in [5.74, 6) is 0.990. The van der Waals surface area contributed by atoms with Gasteiger partial charge in [0.05, 0.1) is 6.10 Å². The van der Waals surface area contributed by atoms with Crippen molar-refractivity contribution in [3.05, 3.63) is 11.6 Å². The number of rotatable bonds is 1. The zero-order valence-electron chi connectivity index (χ0n) is 11.4. The van der Waals surface area contributed by atoms with Crippen molar-refractivity contribution < 1.29 is 5.11 Å². The molecule has 16 heavy (non-hydrogen) atoms. The van der Waals surface area contributed by atoms with Crippen LogP contribution < -0.4 is 0 Å². The maximum atomic E-state index is 10.4. The predicted octanol–water partition coefficient (Wildman–Crippen LogP) is 3.78. The second-order valence-electron chi connectivity index (χ2n) is 7.00. The fraction of sp³-hybridized carbons (Fsp3) is 0.867. The van der Waals surface area contributed by atoms with Gasteiger partial charge >= 0.3 is 0 Å². The molecule has 0 aromatic rings. The van der Waals surface area contributed by atoms with Gasteiger partial charge in [-0.3, -0.25) is 0 Å². The Kier molecular flexibility index (Phi) is 2.73. The Morgan fingerprint density at radius 2 is 1.88 bits per heavy atom. The van der Waals surface area contributed by atoms with Crippen LogP contribution in [0, 0.1) is 22.7 Å². The molecule has 2 rings (SSSR count). The molecule has 2 aliphatic carbocycles. The predicted molar refractivity (Wildman–Crippen MR) is 68.2 cm³/mol. The van der Waals surface area contributed by atoms with E-state index >= 15 is 0 Å². The van der Waals surface area contributed by atoms with Crippen LogP contribution in [0.25, 0.3) is 0 Å². The molecule has 1 nitrogen and oxygen atoms in total. The summed E-state index contributed by atoms with van der Waals surface area (Å²) >= 11 is 0. The second kappa shape index (κ2) is 3.60. The molecule has 0 spiro atoms. The van der Waals surface area contributed by atoms with Gasteiger partial charge in [0.15, 0.2) is 0 Å². The monoisotopic (exact) mass is 222 g/mol. The fourth-order valence-corrected chi connectivity index (χ4v) is 4.57. The van der Waals surface area contributed by atoms with Crippen LogP contribution in [0.15, 0.2) is 11.6 Å². The molecular weight excluding hydrogens is 196 g/mol. The number of hydrogen-bond acceptors (Lipinski definition) is 1. The molecular formula is C15H26O. The largest absolute Gasteiger partial charge is 0.389 e. The van der Waals surface area contributed by atoms with Crippen molar-refractivity contribution in [2.45, 2.75) is 60.0 Å². The topological polar surface area (TPSA) is 20.2 Å². The van der Waals surface area contributed by atoms with E-state index in [0.29, 0.717) is 11.8 Å². The van der Waals surface area contributed by atoms with Crippen LogP contribution in [0.5, 0.6) is 0 Å². The van der Waals surface area contributed by atoms with Crippen molar-refractivity contribution in [2.24, 2.45) is 22.7 Å². The zero-order valence-corrected chi connectivity index (χ0v) is 11.4. The van der Waals surface area contributed by atoms with E-state index in [4.69, 9.17) is 0 Å². The third-order valence-corrected chi connectivity index (χ3v) is 5.02. The van der Waals surface area contributed by atoms with Crippen LogP contribution in [-0.2, 0) is 0 Å². The summed E-state index contributed by atoms with van der Waals surface area (Å²) in [5, 5.41) is 10.4. The van der Waals surface area contributed by atoms with E-state index < -0.39 is 0 Å². The van der Waals surface area contributed by atoms with Gasteiger partial charge in [-0.15, -0.1) is 0 Å². The Balaban J connectivity index is 2.41. The Morgan fingerprint density at radius 1 is 1.25 bits per heavy atom. The molecule has 1 heteroatoms. The summed E-state index contributed by atoms with van der Waals surface area (Å²) in [4.78, 5) is 0. The molecule has 1 saturated carbocycles. The highest BCUT2D eigenvalue weighted by atomic mass is 16.3. The minimum atomic E-state index is -0.224. The highest BCUT2D eigenvalue weighted by Gasteiger charge is 2.54. The lowest BCUT2D eigenvalue weighted by molar-refractivity contribution is -0.0296. The van der Waals surface area contributed by atoms with Crippen LogP contribution in [-0.4, -0.2) is 11.2 Å². The Bertz CT molecular complexity index is 313. The van der Waals surface area contributed by atoms with Gasteiger partial charge in [-0.1, -0.05) is 52.7 Å². The van der Waals surface area contributed by atoms with Crippen LogP contribution in [0.1, 0.15) is 53.9 Å². The molecule has 0 saturated heterocycles. The summed E-state index contributed by atoms with van der Waals surface area (Å²) < 4.78 is 0. The van der Waals surface area contributed by atoms with E-state index in [9.17, 15) is 5.11 Å². The summed E-state index contributed by atoms with van der Waals surface area (Å²) in [5.41, 5.74) is 2.02. The SMILES string of the molecule is CC(C)C1=C[C@H](O)[C@H]2C(C)(C)CCC[C@@]12C. The average molecular weight is 222 g/mol. The minimum Gasteiger partial charge on any atom is -0.389 e. The fourth-order valence-electron chi connectivity index (χ4n) is 4.57. The lowest BCUT2D eigenvalue weighted by Crippen LogP contribution is -2.45. The summed E-state index contributed by atoms with van der Waals surface area (Å²) in [6.45, 7) is 11.5. The van der Waals surface area contributed by atoms with E-state index in [1.165, 1.54) is 24.8 Å². The van der Waals surface area contributed by atoms with Gasteiger partial charge in [0.2, 0.25) is 0 Å². The maximum absolute atomic E-state index is 10.4. The number of aliphatic hydroxyl groups excluding tert-OH is 1. The number of hydrogen-bond donors (Lipinski definition) is 1. The van der Waals surface area contributed by atoms with E-state index in [0.717, 1.165) is 0 Å². The number of allylic oxidation sites excluding steroid dienone is 1. The highest BCUT2D eigenvalue weighted by molar-refractivity contribution is 5.29. The summed E-state index contributed by atoms with van der Waals surface area (Å²) in [6.07, 6.45) is 5.74. The van der Waals surface area contributed by atoms with E-state index in [-0.39, 0.29) is 16.9 Å². The van der Waals surface area contributed by atoms with Gasteiger partial charge in [0.25, 0.3) is 0 Å². The number of aliphatic hydroxyl groups is 1. The molecule has 1 fully saturated rings. The number of fused-ring (bicyclic) bond motifs is 1. The second-order valence-corrected chi connectivity index (χ2v) is 7.00. The smallest absolute Gasteiger partial charge is 0.0765 e. The van der Waals surface area contributed by atoms with Gasteiger partial charge < -0.3 is 5.11 Å². The molecule has 0 amide bonds.